The van der Waals surface area contributed by atoms with Crippen LogP contribution >= 0.6 is 0 Å². The van der Waals surface area contributed by atoms with Gasteiger partial charge in [0, 0.05) is 5.56 Å². The molecule has 0 unspecified atom stereocenters. The Kier molecular flexibility index (Phi) is 3.76. The molecule has 1 fully saturated rings. The van der Waals surface area contributed by atoms with Gasteiger partial charge < -0.3 is 10.0 Å². The van der Waals surface area contributed by atoms with E-state index >= 15 is 0 Å². The van der Waals surface area contributed by atoms with Crippen molar-refractivity contribution in [1.82, 2.24) is 4.90 Å². The number of hydrogen-bond acceptors (Lipinski definition) is 4. The van der Waals surface area contributed by atoms with Crippen molar-refractivity contribution in [2.24, 2.45) is 0 Å². The number of hydrogen-bond donors (Lipinski definition) is 1. The summed E-state index contributed by atoms with van der Waals surface area (Å²) in [5.74, 6) is -0.388. The number of likely N-dealkylation sites (tertiary alicyclic amines) is 1. The van der Waals surface area contributed by atoms with Gasteiger partial charge in [0.2, 0.25) is 0 Å². The van der Waals surface area contributed by atoms with Gasteiger partial charge in [0.05, 0.1) is 23.6 Å². The molecule has 0 aliphatic carbocycles. The third-order valence-corrected chi connectivity index (χ3v) is 3.62. The molecule has 0 atom stereocenters. The van der Waals surface area contributed by atoms with Gasteiger partial charge in [0.1, 0.15) is 5.56 Å². The lowest BCUT2D eigenvalue weighted by atomic mass is 9.88. The molecule has 1 aliphatic heterocycles. The van der Waals surface area contributed by atoms with E-state index in [1.807, 2.05) is 6.92 Å². The van der Waals surface area contributed by atoms with Crippen LogP contribution < -0.4 is 0 Å². The number of nitro groups is 1. The van der Waals surface area contributed by atoms with Crippen LogP contribution in [0.2, 0.25) is 0 Å². The summed E-state index contributed by atoms with van der Waals surface area (Å²) in [6, 6.07) is 4.71. The molecule has 6 heteroatoms. The van der Waals surface area contributed by atoms with E-state index in [0.717, 1.165) is 6.42 Å². The fourth-order valence-corrected chi connectivity index (χ4v) is 2.68. The summed E-state index contributed by atoms with van der Waals surface area (Å²) in [5.41, 5.74) is -0.426. The third-order valence-electron chi connectivity index (χ3n) is 3.62. The van der Waals surface area contributed by atoms with E-state index in [9.17, 15) is 20.0 Å². The van der Waals surface area contributed by atoms with Crippen molar-refractivity contribution < 1.29 is 14.8 Å². The van der Waals surface area contributed by atoms with Crippen molar-refractivity contribution in [2.45, 2.75) is 32.3 Å². The molecule has 0 aromatic heterocycles. The average Bonchev–Trinajstić information content (AvgIpc) is 2.34. The van der Waals surface area contributed by atoms with Gasteiger partial charge >= 0.3 is 0 Å². The van der Waals surface area contributed by atoms with Crippen molar-refractivity contribution in [3.05, 3.63) is 39.4 Å². The molecular weight excluding hydrogens is 260 g/mol. The van der Waals surface area contributed by atoms with E-state index in [1.165, 1.54) is 11.0 Å². The Hall–Kier alpha value is -1.95. The molecule has 0 saturated carbocycles. The highest BCUT2D eigenvalue weighted by Gasteiger charge is 2.44. The van der Waals surface area contributed by atoms with Crippen molar-refractivity contribution in [2.75, 3.05) is 13.1 Å². The van der Waals surface area contributed by atoms with Crippen LogP contribution in [0.1, 0.15) is 35.7 Å². The predicted octanol–water partition coefficient (Wildman–Crippen LogP) is 1.89. The van der Waals surface area contributed by atoms with Gasteiger partial charge in [0.25, 0.3) is 11.6 Å². The van der Waals surface area contributed by atoms with Gasteiger partial charge in [-0.1, -0.05) is 25.5 Å². The number of amides is 1. The van der Waals surface area contributed by atoms with Crippen LogP contribution in [0, 0.1) is 17.0 Å². The monoisotopic (exact) mass is 278 g/mol. The molecule has 1 amide bonds. The van der Waals surface area contributed by atoms with E-state index in [4.69, 9.17) is 0 Å². The van der Waals surface area contributed by atoms with Crippen LogP contribution in [0.4, 0.5) is 5.69 Å². The Morgan fingerprint density at radius 3 is 2.70 bits per heavy atom. The van der Waals surface area contributed by atoms with Crippen LogP contribution in [0.5, 0.6) is 0 Å². The van der Waals surface area contributed by atoms with E-state index in [-0.39, 0.29) is 30.2 Å². The summed E-state index contributed by atoms with van der Waals surface area (Å²) >= 11 is 0. The smallest absolute Gasteiger partial charge is 0.285 e. The maximum atomic E-state index is 12.3. The number of carbonyl (C=O) groups excluding carboxylic acids is 1. The highest BCUT2D eigenvalue weighted by Crippen LogP contribution is 2.30. The molecular formula is C14H18N2O4. The summed E-state index contributed by atoms with van der Waals surface area (Å²) < 4.78 is 0. The van der Waals surface area contributed by atoms with Crippen molar-refractivity contribution >= 4 is 11.6 Å². The van der Waals surface area contributed by atoms with Crippen LogP contribution in [0.25, 0.3) is 0 Å². The van der Waals surface area contributed by atoms with Crippen molar-refractivity contribution in [3.63, 3.8) is 0 Å². The third kappa shape index (κ3) is 2.51. The molecule has 2 rings (SSSR count). The number of nitro benzene ring substituents is 1. The molecule has 6 nitrogen and oxygen atoms in total. The summed E-state index contributed by atoms with van der Waals surface area (Å²) in [6.07, 6.45) is 1.47. The lowest BCUT2D eigenvalue weighted by Gasteiger charge is -2.46. The van der Waals surface area contributed by atoms with E-state index < -0.39 is 10.5 Å². The summed E-state index contributed by atoms with van der Waals surface area (Å²) in [6.45, 7) is 4.06. The first-order valence-electron chi connectivity index (χ1n) is 6.63. The summed E-state index contributed by atoms with van der Waals surface area (Å²) in [4.78, 5) is 24.3. The normalized spacial score (nSPS) is 16.6. The Morgan fingerprint density at radius 2 is 2.15 bits per heavy atom. The Labute approximate surface area is 117 Å². The number of nitrogens with zero attached hydrogens (tertiary/aromatic N) is 2. The number of benzene rings is 1. The van der Waals surface area contributed by atoms with E-state index in [0.29, 0.717) is 12.0 Å². The Balaban J connectivity index is 2.20. The highest BCUT2D eigenvalue weighted by atomic mass is 16.6. The van der Waals surface area contributed by atoms with E-state index in [2.05, 4.69) is 0 Å². The fourth-order valence-electron chi connectivity index (χ4n) is 2.68. The largest absolute Gasteiger partial charge is 0.386 e. The van der Waals surface area contributed by atoms with Gasteiger partial charge in [-0.05, 0) is 19.4 Å². The molecule has 1 N–H and O–H groups in total. The zero-order valence-corrected chi connectivity index (χ0v) is 11.6. The number of β-amino-alcohol motifs (C(OH)–C–C–N with tert-alkyl or cyclic N) is 1. The minimum absolute atomic E-state index is 0.0912. The number of carbonyl (C=O) groups is 1. The van der Waals surface area contributed by atoms with Crippen molar-refractivity contribution in [3.8, 4) is 0 Å². The minimum Gasteiger partial charge on any atom is -0.386 e. The lowest BCUT2D eigenvalue weighted by Crippen LogP contribution is -2.63. The number of para-hydroxylation sites is 1. The number of aryl methyl sites for hydroxylation is 1. The topological polar surface area (TPSA) is 83.7 Å². The molecule has 0 bridgehead atoms. The van der Waals surface area contributed by atoms with Gasteiger partial charge in [-0.25, -0.2) is 0 Å². The van der Waals surface area contributed by atoms with Crippen LogP contribution in [0.3, 0.4) is 0 Å². The molecule has 1 heterocycles. The molecule has 0 spiro atoms. The molecule has 1 aromatic rings. The van der Waals surface area contributed by atoms with Crippen LogP contribution in [0.15, 0.2) is 18.2 Å². The van der Waals surface area contributed by atoms with Gasteiger partial charge in [-0.15, -0.1) is 0 Å². The second-order valence-corrected chi connectivity index (χ2v) is 5.36. The minimum atomic E-state index is -0.830. The standard InChI is InChI=1S/C14H18N2O4/c1-3-7-14(18)8-15(9-14)13(17)11-6-4-5-10(2)12(11)16(19)20/h4-6,18H,3,7-9H2,1-2H3. The lowest BCUT2D eigenvalue weighted by molar-refractivity contribution is -0.385. The Morgan fingerprint density at radius 1 is 1.50 bits per heavy atom. The SMILES string of the molecule is CCCC1(O)CN(C(=O)c2cccc(C)c2[N+](=O)[O-])C1. The van der Waals surface area contributed by atoms with Gasteiger partial charge in [-0.3, -0.25) is 14.9 Å². The average molecular weight is 278 g/mol. The Bertz CT molecular complexity index is 550. The zero-order valence-electron chi connectivity index (χ0n) is 11.6. The molecule has 1 aromatic carbocycles. The summed E-state index contributed by atoms with van der Waals surface area (Å²) in [5, 5.41) is 21.2. The predicted molar refractivity (Wildman–Crippen MR) is 73.6 cm³/mol. The molecule has 0 radical (unpaired) electrons. The van der Waals surface area contributed by atoms with Gasteiger partial charge in [0.15, 0.2) is 0 Å². The summed E-state index contributed by atoms with van der Waals surface area (Å²) in [7, 11) is 0. The first kappa shape index (κ1) is 14.5. The quantitative estimate of drug-likeness (QED) is 0.673. The van der Waals surface area contributed by atoms with Crippen molar-refractivity contribution in [1.29, 1.82) is 0 Å². The van der Waals surface area contributed by atoms with Crippen LogP contribution in [-0.2, 0) is 0 Å². The maximum absolute atomic E-state index is 12.3. The molecule has 1 aliphatic rings. The highest BCUT2D eigenvalue weighted by molar-refractivity contribution is 5.99. The first-order chi connectivity index (χ1) is 9.38. The molecule has 20 heavy (non-hydrogen) atoms. The molecule has 1 saturated heterocycles. The first-order valence-corrected chi connectivity index (χ1v) is 6.63. The fraction of sp³-hybridized carbons (Fsp3) is 0.500. The van der Waals surface area contributed by atoms with Crippen LogP contribution in [-0.4, -0.2) is 39.5 Å². The van der Waals surface area contributed by atoms with Gasteiger partial charge in [-0.2, -0.15) is 0 Å². The number of aliphatic hydroxyl groups is 1. The zero-order chi connectivity index (χ0) is 14.9. The second-order valence-electron chi connectivity index (χ2n) is 5.36. The number of rotatable bonds is 4. The second kappa shape index (κ2) is 5.20. The maximum Gasteiger partial charge on any atom is 0.285 e. The molecule has 108 valence electrons. The van der Waals surface area contributed by atoms with E-state index in [1.54, 1.807) is 19.1 Å².